The van der Waals surface area contributed by atoms with Crippen LogP contribution in [0.3, 0.4) is 0 Å². The highest BCUT2D eigenvalue weighted by atomic mass is 32.2. The number of nitrogens with two attached hydrogens (primary N) is 1. The molecule has 0 bridgehead atoms. The highest BCUT2D eigenvalue weighted by molar-refractivity contribution is 7.92. The zero-order valence-electron chi connectivity index (χ0n) is 14.2. The highest BCUT2D eigenvalue weighted by Crippen LogP contribution is 2.29. The van der Waals surface area contributed by atoms with Crippen LogP contribution in [0.2, 0.25) is 0 Å². The number of rotatable bonds is 5. The zero-order chi connectivity index (χ0) is 19.0. The number of anilines is 1. The standard InChI is InChI=1S/C16H15N7O3S/c1-27(24,25)22-12-6-10(13-9-23-14(19-13)3-2-4-18-23)5-11(7-12)16-20-15(8-17)26-21-16/h2-7,9,22H,8,17H2,1H3. The maximum atomic E-state index is 11.7. The van der Waals surface area contributed by atoms with E-state index in [9.17, 15) is 8.42 Å². The molecule has 4 rings (SSSR count). The Bertz CT molecular complexity index is 1200. The summed E-state index contributed by atoms with van der Waals surface area (Å²) in [6.07, 6.45) is 4.48. The summed E-state index contributed by atoms with van der Waals surface area (Å²) in [5, 5.41) is 8.08. The lowest BCUT2D eigenvalue weighted by Gasteiger charge is -2.08. The minimum Gasteiger partial charge on any atom is -0.338 e. The fourth-order valence-electron chi connectivity index (χ4n) is 2.60. The summed E-state index contributed by atoms with van der Waals surface area (Å²) in [7, 11) is -3.47. The molecule has 0 radical (unpaired) electrons. The molecule has 3 aromatic heterocycles. The van der Waals surface area contributed by atoms with Crippen molar-refractivity contribution in [3.8, 4) is 22.6 Å². The largest absolute Gasteiger partial charge is 0.338 e. The van der Waals surface area contributed by atoms with Crippen molar-refractivity contribution in [3.05, 3.63) is 48.6 Å². The van der Waals surface area contributed by atoms with Crippen molar-refractivity contribution in [1.29, 1.82) is 0 Å². The highest BCUT2D eigenvalue weighted by Gasteiger charge is 2.14. The summed E-state index contributed by atoms with van der Waals surface area (Å²) in [4.78, 5) is 8.71. The van der Waals surface area contributed by atoms with Gasteiger partial charge in [-0.3, -0.25) is 4.72 Å². The van der Waals surface area contributed by atoms with Gasteiger partial charge in [0, 0.05) is 23.0 Å². The summed E-state index contributed by atoms with van der Waals surface area (Å²) < 4.78 is 32.5. The smallest absolute Gasteiger partial charge is 0.240 e. The Balaban J connectivity index is 1.86. The Morgan fingerprint density at radius 3 is 2.74 bits per heavy atom. The van der Waals surface area contributed by atoms with E-state index in [-0.39, 0.29) is 12.4 Å². The molecule has 0 aliphatic rings. The summed E-state index contributed by atoms with van der Waals surface area (Å²) >= 11 is 0. The van der Waals surface area contributed by atoms with E-state index in [0.717, 1.165) is 6.26 Å². The third kappa shape index (κ3) is 3.64. The number of hydrogen-bond acceptors (Lipinski definition) is 8. The van der Waals surface area contributed by atoms with Crippen LogP contribution < -0.4 is 10.5 Å². The van der Waals surface area contributed by atoms with Crippen LogP contribution in [0.1, 0.15) is 5.89 Å². The molecule has 138 valence electrons. The second-order valence-electron chi connectivity index (χ2n) is 5.84. The molecule has 1 aromatic carbocycles. The maximum absolute atomic E-state index is 11.7. The molecular formula is C16H15N7O3S. The molecule has 0 spiro atoms. The predicted octanol–water partition coefficient (Wildman–Crippen LogP) is 1.28. The van der Waals surface area contributed by atoms with E-state index in [1.165, 1.54) is 0 Å². The Kier molecular flexibility index (Phi) is 4.09. The molecule has 4 aromatic rings. The lowest BCUT2D eigenvalue weighted by Crippen LogP contribution is -2.09. The lowest BCUT2D eigenvalue weighted by atomic mass is 10.1. The summed E-state index contributed by atoms with van der Waals surface area (Å²) in [6, 6.07) is 8.69. The normalized spacial score (nSPS) is 11.8. The molecular weight excluding hydrogens is 370 g/mol. The Labute approximate surface area is 154 Å². The van der Waals surface area contributed by atoms with Gasteiger partial charge < -0.3 is 10.3 Å². The molecule has 3 N–H and O–H groups in total. The average molecular weight is 385 g/mol. The summed E-state index contributed by atoms with van der Waals surface area (Å²) in [6.45, 7) is 0.110. The van der Waals surface area contributed by atoms with Crippen LogP contribution >= 0.6 is 0 Å². The van der Waals surface area contributed by atoms with E-state index < -0.39 is 10.0 Å². The van der Waals surface area contributed by atoms with Gasteiger partial charge in [0.2, 0.25) is 21.7 Å². The van der Waals surface area contributed by atoms with Gasteiger partial charge in [-0.1, -0.05) is 5.16 Å². The van der Waals surface area contributed by atoms with Crippen molar-refractivity contribution < 1.29 is 12.9 Å². The van der Waals surface area contributed by atoms with Crippen molar-refractivity contribution in [3.63, 3.8) is 0 Å². The number of sulfonamides is 1. The molecule has 10 nitrogen and oxygen atoms in total. The zero-order valence-corrected chi connectivity index (χ0v) is 15.0. The summed E-state index contributed by atoms with van der Waals surface area (Å²) in [5.41, 5.74) is 8.39. The SMILES string of the molecule is CS(=O)(=O)Nc1cc(-c2cn3ncccc3n2)cc(-c2noc(CN)n2)c1. The van der Waals surface area contributed by atoms with Gasteiger partial charge in [0.15, 0.2) is 5.65 Å². The number of fused-ring (bicyclic) bond motifs is 1. The van der Waals surface area contributed by atoms with Crippen LogP contribution in [0.4, 0.5) is 5.69 Å². The van der Waals surface area contributed by atoms with E-state index in [4.69, 9.17) is 10.3 Å². The van der Waals surface area contributed by atoms with Crippen LogP contribution in [0.15, 0.2) is 47.2 Å². The third-order valence-corrected chi connectivity index (χ3v) is 4.28. The number of hydrogen-bond donors (Lipinski definition) is 2. The number of imidazole rings is 1. The van der Waals surface area contributed by atoms with Gasteiger partial charge in [-0.15, -0.1) is 0 Å². The number of aromatic nitrogens is 5. The monoisotopic (exact) mass is 385 g/mol. The molecule has 0 aliphatic heterocycles. The average Bonchev–Trinajstić information content (AvgIpc) is 3.26. The Morgan fingerprint density at radius 2 is 2.04 bits per heavy atom. The van der Waals surface area contributed by atoms with Crippen LogP contribution in [-0.4, -0.2) is 39.4 Å². The van der Waals surface area contributed by atoms with Crippen molar-refractivity contribution in [2.75, 3.05) is 11.0 Å². The quantitative estimate of drug-likeness (QED) is 0.523. The number of benzene rings is 1. The van der Waals surface area contributed by atoms with E-state index in [1.54, 1.807) is 41.2 Å². The topological polar surface area (TPSA) is 141 Å². The fraction of sp³-hybridized carbons (Fsp3) is 0.125. The first-order valence-electron chi connectivity index (χ1n) is 7.88. The fourth-order valence-corrected chi connectivity index (χ4v) is 3.15. The van der Waals surface area contributed by atoms with Gasteiger partial charge in [-0.2, -0.15) is 10.1 Å². The van der Waals surface area contributed by atoms with E-state index >= 15 is 0 Å². The van der Waals surface area contributed by atoms with Crippen LogP contribution in [0.5, 0.6) is 0 Å². The van der Waals surface area contributed by atoms with Crippen molar-refractivity contribution in [2.45, 2.75) is 6.54 Å². The van der Waals surface area contributed by atoms with Gasteiger partial charge >= 0.3 is 0 Å². The summed E-state index contributed by atoms with van der Waals surface area (Å²) in [5.74, 6) is 0.584. The van der Waals surface area contributed by atoms with Crippen molar-refractivity contribution >= 4 is 21.4 Å². The molecule has 0 unspecified atom stereocenters. The number of nitrogens with one attached hydrogen (secondary N) is 1. The molecule has 27 heavy (non-hydrogen) atoms. The van der Waals surface area contributed by atoms with Gasteiger partial charge in [-0.25, -0.2) is 17.9 Å². The Hall–Kier alpha value is -3.31. The van der Waals surface area contributed by atoms with E-state index in [1.807, 2.05) is 6.07 Å². The van der Waals surface area contributed by atoms with Gasteiger partial charge in [0.25, 0.3) is 0 Å². The van der Waals surface area contributed by atoms with Crippen molar-refractivity contribution in [2.24, 2.45) is 5.73 Å². The number of nitrogens with zero attached hydrogens (tertiary/aromatic N) is 5. The second-order valence-corrected chi connectivity index (χ2v) is 7.59. The van der Waals surface area contributed by atoms with Crippen molar-refractivity contribution in [1.82, 2.24) is 24.7 Å². The second kappa shape index (κ2) is 6.45. The Morgan fingerprint density at radius 1 is 1.22 bits per heavy atom. The first kappa shape index (κ1) is 17.1. The van der Waals surface area contributed by atoms with Gasteiger partial charge in [0.1, 0.15) is 0 Å². The lowest BCUT2D eigenvalue weighted by molar-refractivity contribution is 0.380. The molecule has 0 saturated heterocycles. The first-order chi connectivity index (χ1) is 12.9. The van der Waals surface area contributed by atoms with Gasteiger partial charge in [0.05, 0.1) is 24.7 Å². The van der Waals surface area contributed by atoms with Crippen LogP contribution in [0, 0.1) is 0 Å². The first-order valence-corrected chi connectivity index (χ1v) is 9.77. The molecule has 0 amide bonds. The van der Waals surface area contributed by atoms with Crippen LogP contribution in [-0.2, 0) is 16.6 Å². The van der Waals surface area contributed by atoms with Gasteiger partial charge in [-0.05, 0) is 30.3 Å². The molecule has 3 heterocycles. The molecule has 0 aliphatic carbocycles. The van der Waals surface area contributed by atoms with Crippen LogP contribution in [0.25, 0.3) is 28.3 Å². The minimum atomic E-state index is -3.47. The molecule has 0 saturated carbocycles. The van der Waals surface area contributed by atoms with E-state index in [2.05, 4.69) is 24.9 Å². The maximum Gasteiger partial charge on any atom is 0.240 e. The molecule has 11 heteroatoms. The van der Waals surface area contributed by atoms with E-state index in [0.29, 0.717) is 34.0 Å². The molecule has 0 atom stereocenters. The predicted molar refractivity (Wildman–Crippen MR) is 98.1 cm³/mol. The minimum absolute atomic E-state index is 0.110. The third-order valence-electron chi connectivity index (χ3n) is 3.67. The molecule has 0 fully saturated rings.